The van der Waals surface area contributed by atoms with Gasteiger partial charge in [-0.1, -0.05) is 23.2 Å². The SMILES string of the molecule is NC(c1cc(Cl)nnc1Cl)C(F)F. The normalized spacial score (nSPS) is 13.4. The molecule has 0 spiro atoms. The van der Waals surface area contributed by atoms with Gasteiger partial charge in [-0.2, -0.15) is 0 Å². The van der Waals surface area contributed by atoms with Gasteiger partial charge < -0.3 is 5.73 Å². The zero-order valence-corrected chi connectivity index (χ0v) is 7.73. The molecule has 0 aliphatic carbocycles. The summed E-state index contributed by atoms with van der Waals surface area (Å²) in [6.07, 6.45) is -2.71. The van der Waals surface area contributed by atoms with E-state index < -0.39 is 12.5 Å². The van der Waals surface area contributed by atoms with Crippen LogP contribution in [0.25, 0.3) is 0 Å². The van der Waals surface area contributed by atoms with Gasteiger partial charge in [0.2, 0.25) is 0 Å². The third-order valence-corrected chi connectivity index (χ3v) is 1.86. The summed E-state index contributed by atoms with van der Waals surface area (Å²) in [5, 5.41) is 6.54. The van der Waals surface area contributed by atoms with E-state index in [0.29, 0.717) is 0 Å². The fraction of sp³-hybridized carbons (Fsp3) is 0.333. The van der Waals surface area contributed by atoms with Gasteiger partial charge in [0, 0.05) is 5.56 Å². The molecule has 2 N–H and O–H groups in total. The van der Waals surface area contributed by atoms with E-state index in [2.05, 4.69) is 10.2 Å². The average molecular weight is 228 g/mol. The number of hydrogen-bond donors (Lipinski definition) is 1. The van der Waals surface area contributed by atoms with Crippen molar-refractivity contribution in [3.63, 3.8) is 0 Å². The molecule has 1 unspecified atom stereocenters. The summed E-state index contributed by atoms with van der Waals surface area (Å²) in [7, 11) is 0. The Kier molecular flexibility index (Phi) is 3.35. The first kappa shape index (κ1) is 10.6. The molecule has 7 heteroatoms. The van der Waals surface area contributed by atoms with Crippen molar-refractivity contribution in [1.82, 2.24) is 10.2 Å². The van der Waals surface area contributed by atoms with Gasteiger partial charge in [-0.15, -0.1) is 10.2 Å². The lowest BCUT2D eigenvalue weighted by molar-refractivity contribution is 0.116. The number of nitrogens with zero attached hydrogens (tertiary/aromatic N) is 2. The predicted octanol–water partition coefficient (Wildman–Crippen LogP) is 2.05. The summed E-state index contributed by atoms with van der Waals surface area (Å²) in [4.78, 5) is 0. The molecule has 1 aromatic rings. The highest BCUT2D eigenvalue weighted by Gasteiger charge is 2.21. The first-order valence-corrected chi connectivity index (χ1v) is 4.00. The van der Waals surface area contributed by atoms with Crippen LogP contribution in [0.3, 0.4) is 0 Å². The van der Waals surface area contributed by atoms with Crippen molar-refractivity contribution in [3.8, 4) is 0 Å². The molecule has 1 atom stereocenters. The third-order valence-electron chi connectivity index (χ3n) is 1.38. The lowest BCUT2D eigenvalue weighted by Crippen LogP contribution is -2.19. The van der Waals surface area contributed by atoms with Crippen LogP contribution in [0, 0.1) is 0 Å². The van der Waals surface area contributed by atoms with Gasteiger partial charge in [0.05, 0.1) is 6.04 Å². The Morgan fingerprint density at radius 3 is 2.46 bits per heavy atom. The molecular formula is C6H5Cl2F2N3. The highest BCUT2D eigenvalue weighted by molar-refractivity contribution is 6.31. The Balaban J connectivity index is 3.05. The summed E-state index contributed by atoms with van der Waals surface area (Å²) >= 11 is 10.9. The Morgan fingerprint density at radius 2 is 1.92 bits per heavy atom. The molecule has 1 rings (SSSR count). The van der Waals surface area contributed by atoms with Crippen LogP contribution in [-0.2, 0) is 0 Å². The Hall–Kier alpha value is -0.520. The van der Waals surface area contributed by atoms with Crippen molar-refractivity contribution in [2.75, 3.05) is 0 Å². The molecule has 1 heterocycles. The third kappa shape index (κ3) is 2.46. The van der Waals surface area contributed by atoms with Crippen LogP contribution in [0.15, 0.2) is 6.07 Å². The smallest absolute Gasteiger partial charge is 0.257 e. The Labute approximate surface area is 82.8 Å². The van der Waals surface area contributed by atoms with Crippen LogP contribution >= 0.6 is 23.2 Å². The first-order valence-electron chi connectivity index (χ1n) is 3.24. The van der Waals surface area contributed by atoms with Crippen LogP contribution in [0.4, 0.5) is 8.78 Å². The molecule has 0 saturated heterocycles. The second-order valence-corrected chi connectivity index (χ2v) is 3.02. The number of hydrogen-bond acceptors (Lipinski definition) is 3. The molecule has 0 bridgehead atoms. The Morgan fingerprint density at radius 1 is 1.31 bits per heavy atom. The Bertz CT molecular complexity index is 308. The van der Waals surface area contributed by atoms with Crippen LogP contribution < -0.4 is 5.73 Å². The largest absolute Gasteiger partial charge is 0.319 e. The van der Waals surface area contributed by atoms with Gasteiger partial charge in [0.25, 0.3) is 6.43 Å². The number of halogens is 4. The monoisotopic (exact) mass is 227 g/mol. The molecule has 3 nitrogen and oxygen atoms in total. The molecule has 0 aliphatic rings. The van der Waals surface area contributed by atoms with Crippen LogP contribution in [-0.4, -0.2) is 16.6 Å². The summed E-state index contributed by atoms with van der Waals surface area (Å²) < 4.78 is 24.3. The predicted molar refractivity (Wildman–Crippen MR) is 45.0 cm³/mol. The minimum atomic E-state index is -2.71. The number of nitrogens with two attached hydrogens (primary N) is 1. The molecule has 0 amide bonds. The lowest BCUT2D eigenvalue weighted by atomic mass is 10.1. The highest BCUT2D eigenvalue weighted by atomic mass is 35.5. The van der Waals surface area contributed by atoms with E-state index in [1.807, 2.05) is 0 Å². The standard InChI is InChI=1S/C6H5Cl2F2N3/c7-3-1-2(4(11)6(9)10)5(8)13-12-3/h1,4,6H,11H2. The van der Waals surface area contributed by atoms with Crippen molar-refractivity contribution in [3.05, 3.63) is 21.9 Å². The maximum atomic E-state index is 12.2. The lowest BCUT2D eigenvalue weighted by Gasteiger charge is -2.10. The summed E-state index contributed by atoms with van der Waals surface area (Å²) in [5.74, 6) is 0. The zero-order chi connectivity index (χ0) is 10.0. The molecule has 13 heavy (non-hydrogen) atoms. The average Bonchev–Trinajstić information content (AvgIpc) is 2.08. The number of alkyl halides is 2. The fourth-order valence-corrected chi connectivity index (χ4v) is 1.11. The molecule has 0 aliphatic heterocycles. The first-order chi connectivity index (χ1) is 6.02. The second-order valence-electron chi connectivity index (χ2n) is 2.27. The number of rotatable bonds is 2. The molecule has 0 saturated carbocycles. The van der Waals surface area contributed by atoms with Crippen LogP contribution in [0.2, 0.25) is 10.3 Å². The van der Waals surface area contributed by atoms with E-state index in [0.717, 1.165) is 0 Å². The van der Waals surface area contributed by atoms with Gasteiger partial charge in [-0.05, 0) is 6.07 Å². The quantitative estimate of drug-likeness (QED) is 0.842. The van der Waals surface area contributed by atoms with E-state index >= 15 is 0 Å². The van der Waals surface area contributed by atoms with Crippen LogP contribution in [0.5, 0.6) is 0 Å². The van der Waals surface area contributed by atoms with Crippen molar-refractivity contribution in [2.45, 2.75) is 12.5 Å². The summed E-state index contributed by atoms with van der Waals surface area (Å²) in [6, 6.07) is -0.311. The van der Waals surface area contributed by atoms with Crippen molar-refractivity contribution >= 4 is 23.2 Å². The van der Waals surface area contributed by atoms with Gasteiger partial charge in [0.15, 0.2) is 10.3 Å². The summed E-state index contributed by atoms with van der Waals surface area (Å²) in [6.45, 7) is 0. The maximum absolute atomic E-state index is 12.2. The molecule has 1 aromatic heterocycles. The van der Waals surface area contributed by atoms with Gasteiger partial charge in [0.1, 0.15) is 0 Å². The van der Waals surface area contributed by atoms with E-state index in [-0.39, 0.29) is 15.9 Å². The second kappa shape index (κ2) is 4.13. The molecule has 0 radical (unpaired) electrons. The van der Waals surface area contributed by atoms with Crippen molar-refractivity contribution in [2.24, 2.45) is 5.73 Å². The fourth-order valence-electron chi connectivity index (χ4n) is 0.736. The van der Waals surface area contributed by atoms with Crippen molar-refractivity contribution in [1.29, 1.82) is 0 Å². The molecule has 72 valence electrons. The molecular weight excluding hydrogens is 223 g/mol. The summed E-state index contributed by atoms with van der Waals surface area (Å²) in [5.41, 5.74) is 5.14. The van der Waals surface area contributed by atoms with Gasteiger partial charge >= 0.3 is 0 Å². The van der Waals surface area contributed by atoms with Crippen LogP contribution in [0.1, 0.15) is 11.6 Å². The molecule has 0 fully saturated rings. The van der Waals surface area contributed by atoms with Gasteiger partial charge in [-0.3, -0.25) is 0 Å². The van der Waals surface area contributed by atoms with Gasteiger partial charge in [-0.25, -0.2) is 8.78 Å². The van der Waals surface area contributed by atoms with E-state index in [9.17, 15) is 8.78 Å². The van der Waals surface area contributed by atoms with E-state index in [4.69, 9.17) is 28.9 Å². The maximum Gasteiger partial charge on any atom is 0.257 e. The minimum absolute atomic E-state index is 0.00309. The highest BCUT2D eigenvalue weighted by Crippen LogP contribution is 2.25. The van der Waals surface area contributed by atoms with E-state index in [1.165, 1.54) is 6.07 Å². The van der Waals surface area contributed by atoms with Crippen molar-refractivity contribution < 1.29 is 8.78 Å². The number of aromatic nitrogens is 2. The van der Waals surface area contributed by atoms with E-state index in [1.54, 1.807) is 0 Å². The molecule has 0 aromatic carbocycles. The minimum Gasteiger partial charge on any atom is -0.319 e. The topological polar surface area (TPSA) is 51.8 Å². The zero-order valence-electron chi connectivity index (χ0n) is 6.22.